The summed E-state index contributed by atoms with van der Waals surface area (Å²) in [5, 5.41) is 0.175. The first kappa shape index (κ1) is 19.0. The fourth-order valence-corrected chi connectivity index (χ4v) is 3.47. The van der Waals surface area contributed by atoms with Crippen LogP contribution in [0.25, 0.3) is 22.6 Å². The van der Waals surface area contributed by atoms with Crippen LogP contribution in [-0.4, -0.2) is 23.8 Å². The van der Waals surface area contributed by atoms with E-state index in [0.717, 1.165) is 23.3 Å². The summed E-state index contributed by atoms with van der Waals surface area (Å²) in [7, 11) is 3.07. The van der Waals surface area contributed by atoms with Gasteiger partial charge < -0.3 is 9.47 Å². The monoisotopic (exact) mass is 402 g/mol. The molecule has 8 heteroatoms. The van der Waals surface area contributed by atoms with E-state index in [-0.39, 0.29) is 16.5 Å². The Labute approximate surface area is 164 Å². The first-order valence-electron chi connectivity index (χ1n) is 8.86. The van der Waals surface area contributed by atoms with Crippen LogP contribution in [-0.2, 0) is 12.7 Å². The van der Waals surface area contributed by atoms with Crippen molar-refractivity contribution in [1.29, 1.82) is 0 Å². The number of ether oxygens (including phenoxy) is 2. The number of fused-ring (bicyclic) bond motifs is 2. The number of hydrogen-bond donors (Lipinski definition) is 0. The molecule has 0 atom stereocenters. The van der Waals surface area contributed by atoms with E-state index < -0.39 is 11.7 Å². The van der Waals surface area contributed by atoms with Crippen LogP contribution in [0.5, 0.6) is 11.5 Å². The largest absolute Gasteiger partial charge is 0.493 e. The molecule has 0 saturated heterocycles. The summed E-state index contributed by atoms with van der Waals surface area (Å²) in [5.41, 5.74) is 0.453. The van der Waals surface area contributed by atoms with Gasteiger partial charge in [0.05, 0.1) is 30.7 Å². The van der Waals surface area contributed by atoms with E-state index in [1.807, 2.05) is 12.1 Å². The summed E-state index contributed by atoms with van der Waals surface area (Å²) in [6.07, 6.45) is -2.09. The number of halogens is 3. The van der Waals surface area contributed by atoms with Gasteiger partial charge in [-0.05, 0) is 54.0 Å². The summed E-state index contributed by atoms with van der Waals surface area (Å²) in [5.74, 6) is 1.52. The van der Waals surface area contributed by atoms with Gasteiger partial charge >= 0.3 is 6.18 Å². The molecule has 0 radical (unpaired) electrons. The number of alkyl halides is 3. The predicted molar refractivity (Wildman–Crippen MR) is 103 cm³/mol. The molecular formula is C21H17F3N2O3. The Kier molecular flexibility index (Phi) is 4.56. The lowest BCUT2D eigenvalue weighted by Crippen LogP contribution is -2.21. The van der Waals surface area contributed by atoms with E-state index in [4.69, 9.17) is 9.47 Å². The molecule has 4 rings (SSSR count). The van der Waals surface area contributed by atoms with E-state index >= 15 is 0 Å². The zero-order chi connectivity index (χ0) is 20.8. The Morgan fingerprint density at radius 1 is 1.07 bits per heavy atom. The van der Waals surface area contributed by atoms with Crippen molar-refractivity contribution in [3.8, 4) is 11.5 Å². The molecule has 1 aliphatic rings. The molecule has 2 heterocycles. The molecule has 0 N–H and O–H groups in total. The zero-order valence-corrected chi connectivity index (χ0v) is 15.7. The molecule has 0 unspecified atom stereocenters. The number of aromatic nitrogens is 2. The van der Waals surface area contributed by atoms with Gasteiger partial charge in [-0.2, -0.15) is 13.2 Å². The Balaban J connectivity index is 1.84. The molecule has 29 heavy (non-hydrogen) atoms. The SMILES string of the molecule is COc1ccc(/C=C2\CCn3c2nc2cc(C(F)(F)F)ccc2c3=O)cc1OC. The van der Waals surface area contributed by atoms with Crippen LogP contribution >= 0.6 is 0 Å². The Hall–Kier alpha value is -3.29. The lowest BCUT2D eigenvalue weighted by molar-refractivity contribution is -0.137. The number of methoxy groups -OCH3 is 2. The number of hydrogen-bond acceptors (Lipinski definition) is 4. The molecule has 1 aromatic heterocycles. The van der Waals surface area contributed by atoms with Crippen molar-refractivity contribution < 1.29 is 22.6 Å². The predicted octanol–water partition coefficient (Wildman–Crippen LogP) is 4.38. The van der Waals surface area contributed by atoms with Crippen LogP contribution in [0, 0.1) is 0 Å². The second-order valence-electron chi connectivity index (χ2n) is 6.66. The summed E-state index contributed by atoms with van der Waals surface area (Å²) in [4.78, 5) is 17.1. The van der Waals surface area contributed by atoms with Gasteiger partial charge in [0, 0.05) is 6.54 Å². The van der Waals surface area contributed by atoms with Gasteiger partial charge in [-0.25, -0.2) is 4.98 Å². The molecule has 0 saturated carbocycles. The van der Waals surface area contributed by atoms with E-state index in [1.54, 1.807) is 19.2 Å². The van der Waals surface area contributed by atoms with Crippen LogP contribution < -0.4 is 15.0 Å². The van der Waals surface area contributed by atoms with Crippen LogP contribution in [0.15, 0.2) is 41.2 Å². The normalized spacial score (nSPS) is 15.0. The Morgan fingerprint density at radius 3 is 2.52 bits per heavy atom. The summed E-state index contributed by atoms with van der Waals surface area (Å²) < 4.78 is 51.2. The molecule has 0 bridgehead atoms. The fraction of sp³-hybridized carbons (Fsp3) is 0.238. The quantitative estimate of drug-likeness (QED) is 0.653. The average Bonchev–Trinajstić information content (AvgIpc) is 3.09. The third-order valence-corrected chi connectivity index (χ3v) is 4.92. The average molecular weight is 402 g/mol. The third kappa shape index (κ3) is 3.35. The van der Waals surface area contributed by atoms with Gasteiger partial charge in [-0.1, -0.05) is 6.07 Å². The number of rotatable bonds is 3. The Bertz CT molecular complexity index is 1200. The molecule has 150 valence electrons. The molecule has 0 amide bonds. The first-order chi connectivity index (χ1) is 13.8. The molecular weight excluding hydrogens is 385 g/mol. The summed E-state index contributed by atoms with van der Waals surface area (Å²) >= 11 is 0. The lowest BCUT2D eigenvalue weighted by atomic mass is 10.1. The minimum absolute atomic E-state index is 0.0381. The molecule has 0 spiro atoms. The van der Waals surface area contributed by atoms with Crippen molar-refractivity contribution in [2.45, 2.75) is 19.1 Å². The van der Waals surface area contributed by atoms with Gasteiger partial charge in [-0.15, -0.1) is 0 Å². The van der Waals surface area contributed by atoms with Crippen LogP contribution in [0.2, 0.25) is 0 Å². The first-order valence-corrected chi connectivity index (χ1v) is 8.86. The third-order valence-electron chi connectivity index (χ3n) is 4.92. The topological polar surface area (TPSA) is 53.4 Å². The minimum atomic E-state index is -4.50. The van der Waals surface area contributed by atoms with Gasteiger partial charge in [0.25, 0.3) is 5.56 Å². The van der Waals surface area contributed by atoms with Crippen molar-refractivity contribution in [2.24, 2.45) is 0 Å². The van der Waals surface area contributed by atoms with Gasteiger partial charge in [-0.3, -0.25) is 9.36 Å². The van der Waals surface area contributed by atoms with Crippen molar-refractivity contribution in [1.82, 2.24) is 9.55 Å². The maximum atomic E-state index is 13.0. The van der Waals surface area contributed by atoms with Crippen molar-refractivity contribution in [3.63, 3.8) is 0 Å². The zero-order valence-electron chi connectivity index (χ0n) is 15.7. The Morgan fingerprint density at radius 2 is 1.83 bits per heavy atom. The van der Waals surface area contributed by atoms with E-state index in [1.165, 1.54) is 17.7 Å². The van der Waals surface area contributed by atoms with Crippen LogP contribution in [0.4, 0.5) is 13.2 Å². The second-order valence-corrected chi connectivity index (χ2v) is 6.66. The van der Waals surface area contributed by atoms with Crippen molar-refractivity contribution in [3.05, 3.63) is 63.7 Å². The van der Waals surface area contributed by atoms with Gasteiger partial charge in [0.2, 0.25) is 0 Å². The molecule has 1 aliphatic heterocycles. The van der Waals surface area contributed by atoms with Crippen molar-refractivity contribution in [2.75, 3.05) is 14.2 Å². The highest BCUT2D eigenvalue weighted by Gasteiger charge is 2.31. The van der Waals surface area contributed by atoms with Crippen LogP contribution in [0.3, 0.4) is 0 Å². The molecule has 3 aromatic rings. The standard InChI is InChI=1S/C21H17F3N2O3/c1-28-17-6-3-12(10-18(17)29-2)9-13-7-8-26-19(13)25-16-11-14(21(22,23)24)4-5-15(16)20(26)27/h3-6,9-11H,7-8H2,1-2H3/b13-9+. The lowest BCUT2D eigenvalue weighted by Gasteiger charge is -2.10. The molecule has 5 nitrogen and oxygen atoms in total. The number of benzene rings is 2. The molecule has 0 fully saturated rings. The highest BCUT2D eigenvalue weighted by molar-refractivity contribution is 5.85. The molecule has 2 aromatic carbocycles. The smallest absolute Gasteiger partial charge is 0.416 e. The van der Waals surface area contributed by atoms with Crippen molar-refractivity contribution >= 4 is 22.6 Å². The fourth-order valence-electron chi connectivity index (χ4n) is 3.47. The minimum Gasteiger partial charge on any atom is -0.493 e. The van der Waals surface area contributed by atoms with Crippen LogP contribution in [0.1, 0.15) is 23.4 Å². The van der Waals surface area contributed by atoms with Gasteiger partial charge in [0.1, 0.15) is 5.82 Å². The maximum Gasteiger partial charge on any atom is 0.416 e. The highest BCUT2D eigenvalue weighted by Crippen LogP contribution is 2.33. The second kappa shape index (κ2) is 6.95. The number of nitrogens with zero attached hydrogens (tertiary/aromatic N) is 2. The van der Waals surface area contributed by atoms with E-state index in [9.17, 15) is 18.0 Å². The van der Waals surface area contributed by atoms with E-state index in [0.29, 0.717) is 30.3 Å². The number of allylic oxidation sites excluding steroid dienone is 1. The molecule has 0 aliphatic carbocycles. The highest BCUT2D eigenvalue weighted by atomic mass is 19.4. The maximum absolute atomic E-state index is 13.0. The van der Waals surface area contributed by atoms with Gasteiger partial charge in [0.15, 0.2) is 11.5 Å². The van der Waals surface area contributed by atoms with E-state index in [2.05, 4.69) is 4.98 Å². The summed E-state index contributed by atoms with van der Waals surface area (Å²) in [6.45, 7) is 0.428. The summed E-state index contributed by atoms with van der Waals surface area (Å²) in [6, 6.07) is 8.40.